The summed E-state index contributed by atoms with van der Waals surface area (Å²) in [5.41, 5.74) is 4.09. The van der Waals surface area contributed by atoms with Crippen molar-refractivity contribution in [1.29, 1.82) is 0 Å². The standard InChI is InChI=1S/2C24H32N2O4S4/c2*1-17-9-13-19(14-10-17)33(27,28)25-21-5-3-7-23(21)31-32-24-8-4-6-22(24)26-34(29,30)20-15-11-18(2)12-16-20/h2*9-16,21-26H,3-8H2,1-2H3/t2*21-,22-,23-,24-/m10/s1. The van der Waals surface area contributed by atoms with Crippen molar-refractivity contribution in [3.05, 3.63) is 119 Å². The molecule has 12 nitrogen and oxygen atoms in total. The van der Waals surface area contributed by atoms with E-state index in [0.29, 0.717) is 19.6 Å². The second-order valence-corrected chi connectivity index (χ2v) is 30.8. The quantitative estimate of drug-likeness (QED) is 0.0693. The van der Waals surface area contributed by atoms with Gasteiger partial charge in [-0.25, -0.2) is 52.6 Å². The number of rotatable bonds is 18. The van der Waals surface area contributed by atoms with Gasteiger partial charge >= 0.3 is 0 Å². The van der Waals surface area contributed by atoms with E-state index in [2.05, 4.69) is 18.9 Å². The first-order valence-corrected chi connectivity index (χ1v) is 33.8. The molecule has 0 bridgehead atoms. The molecule has 4 aliphatic carbocycles. The third kappa shape index (κ3) is 14.5. The van der Waals surface area contributed by atoms with Crippen LogP contribution in [0.3, 0.4) is 0 Å². The summed E-state index contributed by atoms with van der Waals surface area (Å²) in [5, 5.41) is 0.667. The van der Waals surface area contributed by atoms with Gasteiger partial charge in [-0.2, -0.15) is 0 Å². The number of sulfonamides is 4. The molecule has 8 atom stereocenters. The van der Waals surface area contributed by atoms with Crippen molar-refractivity contribution in [3.63, 3.8) is 0 Å². The Morgan fingerprint density at radius 2 is 0.485 bits per heavy atom. The molecular weight excluding hydrogens is 1020 g/mol. The Bertz CT molecular complexity index is 2360. The molecule has 8 rings (SSSR count). The predicted molar refractivity (Wildman–Crippen MR) is 282 cm³/mol. The van der Waals surface area contributed by atoms with Gasteiger partial charge in [-0.15, -0.1) is 0 Å². The van der Waals surface area contributed by atoms with Crippen LogP contribution in [0.25, 0.3) is 0 Å². The molecule has 0 aliphatic heterocycles. The maximum atomic E-state index is 12.9. The molecule has 0 saturated heterocycles. The Kier molecular flexibility index (Phi) is 18.7. The van der Waals surface area contributed by atoms with E-state index in [1.165, 1.54) is 0 Å². The smallest absolute Gasteiger partial charge is 0.207 e. The Labute approximate surface area is 421 Å². The molecule has 20 heteroatoms. The Balaban J connectivity index is 0.000000201. The van der Waals surface area contributed by atoms with Crippen molar-refractivity contribution in [2.45, 2.75) is 169 Å². The average molecular weight is 1080 g/mol. The van der Waals surface area contributed by atoms with E-state index in [1.54, 1.807) is 91.7 Å². The van der Waals surface area contributed by atoms with E-state index in [-0.39, 0.29) is 45.2 Å². The fraction of sp³-hybridized carbons (Fsp3) is 0.500. The predicted octanol–water partition coefficient (Wildman–Crippen LogP) is 9.57. The zero-order valence-corrected chi connectivity index (χ0v) is 45.4. The zero-order valence-electron chi connectivity index (χ0n) is 38.9. The summed E-state index contributed by atoms with van der Waals surface area (Å²) in [6, 6.07) is 27.2. The number of hydrogen-bond acceptors (Lipinski definition) is 12. The van der Waals surface area contributed by atoms with Crippen LogP contribution in [0.5, 0.6) is 0 Å². The highest BCUT2D eigenvalue weighted by molar-refractivity contribution is 8.77. The van der Waals surface area contributed by atoms with Crippen molar-refractivity contribution in [2.75, 3.05) is 0 Å². The minimum Gasteiger partial charge on any atom is -0.207 e. The van der Waals surface area contributed by atoms with Crippen LogP contribution in [0.15, 0.2) is 117 Å². The highest BCUT2D eigenvalue weighted by Crippen LogP contribution is 2.46. The lowest BCUT2D eigenvalue weighted by Gasteiger charge is -2.24. The lowest BCUT2D eigenvalue weighted by atomic mass is 10.2. The Morgan fingerprint density at radius 1 is 0.309 bits per heavy atom. The summed E-state index contributed by atoms with van der Waals surface area (Å²) in [6.45, 7) is 7.73. The molecule has 4 aromatic rings. The highest BCUT2D eigenvalue weighted by atomic mass is 33.1. The van der Waals surface area contributed by atoms with Gasteiger partial charge in [0.25, 0.3) is 0 Å². The monoisotopic (exact) mass is 1080 g/mol. The molecule has 0 aromatic heterocycles. The van der Waals surface area contributed by atoms with Gasteiger partial charge in [0.2, 0.25) is 40.1 Å². The van der Waals surface area contributed by atoms with E-state index in [9.17, 15) is 33.7 Å². The normalized spacial score (nSPS) is 25.6. The molecule has 0 heterocycles. The first-order chi connectivity index (χ1) is 32.3. The molecule has 4 aromatic carbocycles. The molecule has 4 fully saturated rings. The molecule has 68 heavy (non-hydrogen) atoms. The molecule has 4 saturated carbocycles. The van der Waals surface area contributed by atoms with E-state index < -0.39 is 40.1 Å². The first-order valence-electron chi connectivity index (χ1n) is 23.3. The Morgan fingerprint density at radius 3 is 0.662 bits per heavy atom. The van der Waals surface area contributed by atoms with Crippen LogP contribution in [0, 0.1) is 27.7 Å². The van der Waals surface area contributed by atoms with Crippen LogP contribution in [-0.2, 0) is 40.1 Å². The van der Waals surface area contributed by atoms with Crippen LogP contribution in [-0.4, -0.2) is 78.8 Å². The molecule has 0 amide bonds. The summed E-state index contributed by atoms with van der Waals surface area (Å²) >= 11 is 0. The third-order valence-electron chi connectivity index (χ3n) is 13.0. The largest absolute Gasteiger partial charge is 0.240 e. The van der Waals surface area contributed by atoms with Gasteiger partial charge in [0.1, 0.15) is 0 Å². The number of benzene rings is 4. The summed E-state index contributed by atoms with van der Waals surface area (Å²) < 4.78 is 115. The second-order valence-electron chi connectivity index (χ2n) is 18.4. The fourth-order valence-electron chi connectivity index (χ4n) is 8.93. The van der Waals surface area contributed by atoms with Gasteiger partial charge in [-0.3, -0.25) is 0 Å². The molecule has 0 unspecified atom stereocenters. The first kappa shape index (κ1) is 53.7. The Hall–Kier alpha value is -2.08. The summed E-state index contributed by atoms with van der Waals surface area (Å²) in [4.78, 5) is 1.18. The van der Waals surface area contributed by atoms with Crippen molar-refractivity contribution >= 4 is 83.3 Å². The van der Waals surface area contributed by atoms with Crippen molar-refractivity contribution < 1.29 is 33.7 Å². The summed E-state index contributed by atoms with van der Waals surface area (Å²) in [6.07, 6.45) is 11.0. The SMILES string of the molecule is Cc1ccc(S(=O)(=O)N[C@@H]2CCC[C@H]2SS[C@@H]2CCC[C@H]2NS(=O)(=O)c2ccc(C)cc2)cc1.Cc1ccc(S(=O)(=O)N[C@H]2CCC[C@@H]2SS[C@H]2CCC[C@@H]2NS(=O)(=O)c2ccc(C)cc2)cc1. The minimum atomic E-state index is -3.56. The topological polar surface area (TPSA) is 185 Å². The van der Waals surface area contributed by atoms with Crippen molar-refractivity contribution in [3.8, 4) is 0 Å². The molecule has 4 aliphatic rings. The lowest BCUT2D eigenvalue weighted by molar-refractivity contribution is 0.553. The molecular formula is C48H64N4O8S8. The van der Waals surface area contributed by atoms with Gasteiger partial charge in [0, 0.05) is 45.2 Å². The van der Waals surface area contributed by atoms with E-state index in [1.807, 2.05) is 76.2 Å². The summed E-state index contributed by atoms with van der Waals surface area (Å²) in [7, 11) is -7.41. The maximum Gasteiger partial charge on any atom is 0.240 e. The summed E-state index contributed by atoms with van der Waals surface area (Å²) in [5.74, 6) is 0. The number of aryl methyl sites for hydroxylation is 4. The third-order valence-corrected chi connectivity index (χ3v) is 26.1. The highest BCUT2D eigenvalue weighted by Gasteiger charge is 2.38. The lowest BCUT2D eigenvalue weighted by Crippen LogP contribution is -2.39. The van der Waals surface area contributed by atoms with Crippen LogP contribution in [0.4, 0.5) is 0 Å². The van der Waals surface area contributed by atoms with Crippen molar-refractivity contribution in [1.82, 2.24) is 18.9 Å². The second kappa shape index (κ2) is 23.6. The van der Waals surface area contributed by atoms with E-state index in [4.69, 9.17) is 0 Å². The van der Waals surface area contributed by atoms with Gasteiger partial charge in [0.05, 0.1) is 19.6 Å². The van der Waals surface area contributed by atoms with Gasteiger partial charge in [-0.05, 0) is 128 Å². The van der Waals surface area contributed by atoms with Gasteiger partial charge in [-0.1, -0.05) is 140 Å². The van der Waals surface area contributed by atoms with E-state index >= 15 is 0 Å². The zero-order chi connectivity index (χ0) is 48.7. The minimum absolute atomic E-state index is 0.118. The molecule has 4 N–H and O–H groups in total. The van der Waals surface area contributed by atoms with Crippen LogP contribution >= 0.6 is 43.2 Å². The number of hydrogen-bond donors (Lipinski definition) is 4. The molecule has 0 radical (unpaired) electrons. The van der Waals surface area contributed by atoms with E-state index in [0.717, 1.165) is 99.3 Å². The van der Waals surface area contributed by atoms with Crippen molar-refractivity contribution in [2.24, 2.45) is 0 Å². The van der Waals surface area contributed by atoms with Crippen LogP contribution < -0.4 is 18.9 Å². The van der Waals surface area contributed by atoms with Crippen LogP contribution in [0.1, 0.15) is 99.3 Å². The average Bonchev–Trinajstić information content (AvgIpc) is 4.12. The van der Waals surface area contributed by atoms with Crippen LogP contribution in [0.2, 0.25) is 0 Å². The number of nitrogens with one attached hydrogen (secondary N) is 4. The molecule has 372 valence electrons. The van der Waals surface area contributed by atoms with Gasteiger partial charge < -0.3 is 0 Å². The fourth-order valence-corrected chi connectivity index (χ4v) is 22.0. The maximum absolute atomic E-state index is 12.9. The molecule has 0 spiro atoms. The van der Waals surface area contributed by atoms with Gasteiger partial charge in [0.15, 0.2) is 0 Å².